The lowest BCUT2D eigenvalue weighted by Crippen LogP contribution is -2.12. The van der Waals surface area contributed by atoms with Gasteiger partial charge in [-0.25, -0.2) is 0 Å². The molecule has 0 aromatic heterocycles. The van der Waals surface area contributed by atoms with E-state index < -0.39 is 0 Å². The van der Waals surface area contributed by atoms with E-state index in [2.05, 4.69) is 180 Å². The third kappa shape index (κ3) is 7.31. The number of anilines is 3. The lowest BCUT2D eigenvalue weighted by atomic mass is 9.84. The van der Waals surface area contributed by atoms with Crippen LogP contribution in [-0.2, 0) is 12.8 Å². The molecule has 1 atom stereocenters. The van der Waals surface area contributed by atoms with Gasteiger partial charge in [-0.05, 0) is 145 Å². The fraction of sp³-hybridized carbons (Fsp3) is 0.174. The molecule has 1 heteroatoms. The molecular weight excluding hydrogens is 567 g/mol. The molecule has 0 saturated carbocycles. The van der Waals surface area contributed by atoms with E-state index in [9.17, 15) is 0 Å². The molecule has 1 nitrogen and oxygen atoms in total. The minimum Gasteiger partial charge on any atom is -0.310 e. The van der Waals surface area contributed by atoms with Crippen molar-refractivity contribution in [2.45, 2.75) is 53.4 Å². The Balaban J connectivity index is 1.31. The summed E-state index contributed by atoms with van der Waals surface area (Å²) in [6.07, 6.45) is 3.97. The van der Waals surface area contributed by atoms with Gasteiger partial charge in [0.2, 0.25) is 0 Å². The molecule has 0 bridgehead atoms. The van der Waals surface area contributed by atoms with Crippen molar-refractivity contribution < 1.29 is 0 Å². The van der Waals surface area contributed by atoms with Crippen molar-refractivity contribution in [3.05, 3.63) is 190 Å². The van der Waals surface area contributed by atoms with Crippen molar-refractivity contribution in [3.8, 4) is 11.1 Å². The number of rotatable bonds is 10. The van der Waals surface area contributed by atoms with Gasteiger partial charge in [0.15, 0.2) is 0 Å². The fourth-order valence-corrected chi connectivity index (χ4v) is 6.81. The molecule has 6 aromatic carbocycles. The van der Waals surface area contributed by atoms with E-state index in [4.69, 9.17) is 0 Å². The second-order valence-electron chi connectivity index (χ2n) is 13.1. The molecule has 47 heavy (non-hydrogen) atoms. The van der Waals surface area contributed by atoms with Crippen LogP contribution in [0.1, 0.15) is 56.0 Å². The van der Waals surface area contributed by atoms with Crippen molar-refractivity contribution in [2.24, 2.45) is 0 Å². The molecule has 0 aliphatic rings. The summed E-state index contributed by atoms with van der Waals surface area (Å²) in [4.78, 5) is 2.37. The Labute approximate surface area is 281 Å². The summed E-state index contributed by atoms with van der Waals surface area (Å²) in [5.74, 6) is 0.417. The number of aryl methyl sites for hydroxylation is 5. The summed E-state index contributed by atoms with van der Waals surface area (Å²) >= 11 is 0. The lowest BCUT2D eigenvalue weighted by molar-refractivity contribution is 0.677. The first-order valence-electron chi connectivity index (χ1n) is 16.7. The highest BCUT2D eigenvalue weighted by Gasteiger charge is 2.18. The van der Waals surface area contributed by atoms with Gasteiger partial charge in [0.25, 0.3) is 0 Å². The van der Waals surface area contributed by atoms with E-state index >= 15 is 0 Å². The topological polar surface area (TPSA) is 3.24 Å². The third-order valence-electron chi connectivity index (χ3n) is 9.41. The van der Waals surface area contributed by atoms with E-state index in [0.29, 0.717) is 5.92 Å². The minimum atomic E-state index is 0.417. The summed E-state index contributed by atoms with van der Waals surface area (Å²) < 4.78 is 0. The Hall–Kier alpha value is -5.14. The molecule has 0 fully saturated rings. The van der Waals surface area contributed by atoms with Crippen molar-refractivity contribution in [2.75, 3.05) is 4.90 Å². The molecule has 0 spiro atoms. The Kier molecular flexibility index (Phi) is 9.55. The molecule has 1 unspecified atom stereocenters. The average molecular weight is 612 g/mol. The highest BCUT2D eigenvalue weighted by atomic mass is 15.1. The van der Waals surface area contributed by atoms with Gasteiger partial charge in [0.1, 0.15) is 0 Å². The van der Waals surface area contributed by atoms with Gasteiger partial charge in [-0.1, -0.05) is 115 Å². The number of hydrogen-bond acceptors (Lipinski definition) is 1. The molecule has 0 N–H and O–H groups in total. The van der Waals surface area contributed by atoms with Gasteiger partial charge in [-0.15, -0.1) is 0 Å². The number of benzene rings is 6. The van der Waals surface area contributed by atoms with Crippen molar-refractivity contribution in [1.82, 2.24) is 0 Å². The monoisotopic (exact) mass is 611 g/mol. The van der Waals surface area contributed by atoms with Crippen LogP contribution in [0, 0.1) is 34.6 Å². The summed E-state index contributed by atoms with van der Waals surface area (Å²) in [6, 6.07) is 49.2. The van der Waals surface area contributed by atoms with Crippen LogP contribution in [0.2, 0.25) is 0 Å². The van der Waals surface area contributed by atoms with Crippen LogP contribution in [-0.4, -0.2) is 0 Å². The Morgan fingerprint density at radius 1 is 0.553 bits per heavy atom. The van der Waals surface area contributed by atoms with E-state index in [1.54, 1.807) is 0 Å². The normalized spacial score (nSPS) is 11.7. The SMILES string of the molecule is C=Cc1ccc(N(c2cccc(C)c2)c2ccc(-c3ccc(CC(Cc4ccccc4)c4cccc(C)c4)c(C)c3)cc2C)cc1C. The first kappa shape index (κ1) is 31.8. The molecule has 234 valence electrons. The Morgan fingerprint density at radius 2 is 1.23 bits per heavy atom. The zero-order valence-corrected chi connectivity index (χ0v) is 28.4. The second kappa shape index (κ2) is 14.1. The fourth-order valence-electron chi connectivity index (χ4n) is 6.81. The predicted octanol–water partition coefficient (Wildman–Crippen LogP) is 12.6. The van der Waals surface area contributed by atoms with Gasteiger partial charge < -0.3 is 4.90 Å². The molecule has 0 aliphatic heterocycles. The molecule has 0 saturated heterocycles. The molecule has 0 aliphatic carbocycles. The van der Waals surface area contributed by atoms with E-state index in [1.165, 1.54) is 61.3 Å². The minimum absolute atomic E-state index is 0.417. The van der Waals surface area contributed by atoms with E-state index in [0.717, 1.165) is 29.8 Å². The predicted molar refractivity (Wildman–Crippen MR) is 203 cm³/mol. The van der Waals surface area contributed by atoms with Crippen LogP contribution in [0.4, 0.5) is 17.1 Å². The zero-order valence-electron chi connectivity index (χ0n) is 28.4. The maximum absolute atomic E-state index is 3.99. The first-order chi connectivity index (χ1) is 22.8. The molecule has 6 aromatic rings. The molecule has 0 amide bonds. The Bertz CT molecular complexity index is 2020. The average Bonchev–Trinajstić information content (AvgIpc) is 3.07. The van der Waals surface area contributed by atoms with Gasteiger partial charge in [-0.3, -0.25) is 0 Å². The van der Waals surface area contributed by atoms with Gasteiger partial charge in [0, 0.05) is 17.1 Å². The maximum atomic E-state index is 3.99. The van der Waals surface area contributed by atoms with Crippen molar-refractivity contribution in [1.29, 1.82) is 0 Å². The molecular formula is C46H45N. The molecule has 0 heterocycles. The first-order valence-corrected chi connectivity index (χ1v) is 16.7. The maximum Gasteiger partial charge on any atom is 0.0491 e. The smallest absolute Gasteiger partial charge is 0.0491 e. The zero-order chi connectivity index (χ0) is 32.9. The van der Waals surface area contributed by atoms with Crippen molar-refractivity contribution >= 4 is 23.1 Å². The van der Waals surface area contributed by atoms with Crippen LogP contribution in [0.25, 0.3) is 17.2 Å². The second-order valence-corrected chi connectivity index (χ2v) is 13.1. The van der Waals surface area contributed by atoms with Gasteiger partial charge in [0.05, 0.1) is 0 Å². The summed E-state index contributed by atoms with van der Waals surface area (Å²) in [5, 5.41) is 0. The highest BCUT2D eigenvalue weighted by Crippen LogP contribution is 2.39. The molecule has 0 radical (unpaired) electrons. The number of hydrogen-bond donors (Lipinski definition) is 0. The Morgan fingerprint density at radius 3 is 1.89 bits per heavy atom. The van der Waals surface area contributed by atoms with Gasteiger partial charge >= 0.3 is 0 Å². The van der Waals surface area contributed by atoms with Crippen LogP contribution >= 0.6 is 0 Å². The van der Waals surface area contributed by atoms with Crippen LogP contribution in [0.3, 0.4) is 0 Å². The number of nitrogens with zero attached hydrogens (tertiary/aromatic N) is 1. The quantitative estimate of drug-likeness (QED) is 0.149. The van der Waals surface area contributed by atoms with Gasteiger partial charge in [-0.2, -0.15) is 0 Å². The summed E-state index contributed by atoms with van der Waals surface area (Å²) in [5.41, 5.74) is 17.7. The standard InChI is InChI=1S/C46H45N/c1-7-38-21-23-45(29-35(38)5)47(44-18-12-14-33(3)26-44)46-24-22-42(28-36(46)6)41-20-19-39(34(4)27-41)31-43(30-37-15-9-8-10-16-37)40-17-11-13-32(2)25-40/h7-29,43H,1,30-31H2,2-6H3. The highest BCUT2D eigenvalue weighted by molar-refractivity contribution is 5.81. The lowest BCUT2D eigenvalue weighted by Gasteiger charge is -2.28. The summed E-state index contributed by atoms with van der Waals surface area (Å²) in [7, 11) is 0. The largest absolute Gasteiger partial charge is 0.310 e. The van der Waals surface area contributed by atoms with Crippen molar-refractivity contribution in [3.63, 3.8) is 0 Å². The van der Waals surface area contributed by atoms with Crippen LogP contribution < -0.4 is 4.90 Å². The molecule has 6 rings (SSSR count). The van der Waals surface area contributed by atoms with E-state index in [1.807, 2.05) is 6.08 Å². The third-order valence-corrected chi connectivity index (χ3v) is 9.41. The van der Waals surface area contributed by atoms with Crippen LogP contribution in [0.5, 0.6) is 0 Å². The van der Waals surface area contributed by atoms with E-state index in [-0.39, 0.29) is 0 Å². The summed E-state index contributed by atoms with van der Waals surface area (Å²) in [6.45, 7) is 15.0. The van der Waals surface area contributed by atoms with Crippen LogP contribution in [0.15, 0.2) is 140 Å².